The Kier molecular flexibility index (Phi) is 15.1. The van der Waals surface area contributed by atoms with Gasteiger partial charge < -0.3 is 20.1 Å². The molecule has 0 heterocycles. The molecule has 0 aromatic rings. The summed E-state index contributed by atoms with van der Waals surface area (Å²) >= 11 is 0. The molecular formula is C17H37IN4O2. The van der Waals surface area contributed by atoms with Crippen LogP contribution in [0.4, 0.5) is 0 Å². The second kappa shape index (κ2) is 15.2. The number of aliphatic imine (C=N–C) groups is 1. The highest BCUT2D eigenvalue weighted by atomic mass is 127. The molecule has 1 aliphatic carbocycles. The molecule has 0 saturated heterocycles. The number of unbranched alkanes of at least 4 members (excludes halogenated alkanes) is 1. The first-order valence-electron chi connectivity index (χ1n) is 9.01. The van der Waals surface area contributed by atoms with E-state index in [1.807, 2.05) is 0 Å². The lowest BCUT2D eigenvalue weighted by molar-refractivity contribution is 0.0487. The van der Waals surface area contributed by atoms with E-state index in [9.17, 15) is 0 Å². The topological polar surface area (TPSA) is 58.1 Å². The van der Waals surface area contributed by atoms with E-state index >= 15 is 0 Å². The Balaban J connectivity index is 0.00000529. The quantitative estimate of drug-likeness (QED) is 0.192. The summed E-state index contributed by atoms with van der Waals surface area (Å²) in [6.07, 6.45) is 4.98. The van der Waals surface area contributed by atoms with Crippen molar-refractivity contribution in [2.24, 2.45) is 4.99 Å². The van der Waals surface area contributed by atoms with Crippen LogP contribution in [0.1, 0.15) is 39.5 Å². The Labute approximate surface area is 165 Å². The molecule has 1 fully saturated rings. The third kappa shape index (κ3) is 11.4. The maximum absolute atomic E-state index is 5.53. The van der Waals surface area contributed by atoms with Crippen LogP contribution < -0.4 is 10.6 Å². The van der Waals surface area contributed by atoms with Gasteiger partial charge in [-0.15, -0.1) is 24.0 Å². The van der Waals surface area contributed by atoms with Crippen molar-refractivity contribution in [2.75, 3.05) is 53.6 Å². The second-order valence-corrected chi connectivity index (χ2v) is 6.20. The van der Waals surface area contributed by atoms with Gasteiger partial charge in [-0.05, 0) is 33.2 Å². The fourth-order valence-corrected chi connectivity index (χ4v) is 2.26. The monoisotopic (exact) mass is 456 g/mol. The van der Waals surface area contributed by atoms with Crippen molar-refractivity contribution in [3.05, 3.63) is 0 Å². The number of hydrogen-bond acceptors (Lipinski definition) is 4. The SMILES string of the molecule is CCCCOCCOCCNC(=NC)NCC(C)N(C)C1CC1.I. The van der Waals surface area contributed by atoms with Crippen LogP contribution in [-0.4, -0.2) is 76.6 Å². The van der Waals surface area contributed by atoms with Crippen LogP contribution in [0.25, 0.3) is 0 Å². The fraction of sp³-hybridized carbons (Fsp3) is 0.941. The molecule has 1 aliphatic rings. The summed E-state index contributed by atoms with van der Waals surface area (Å²) in [7, 11) is 4.00. The van der Waals surface area contributed by atoms with Gasteiger partial charge in [0.15, 0.2) is 5.96 Å². The van der Waals surface area contributed by atoms with Gasteiger partial charge in [0.05, 0.1) is 19.8 Å². The van der Waals surface area contributed by atoms with E-state index in [2.05, 4.69) is 41.4 Å². The predicted molar refractivity (Wildman–Crippen MR) is 112 cm³/mol. The lowest BCUT2D eigenvalue weighted by Gasteiger charge is -2.25. The smallest absolute Gasteiger partial charge is 0.191 e. The second-order valence-electron chi connectivity index (χ2n) is 6.20. The van der Waals surface area contributed by atoms with Crippen LogP contribution in [0.3, 0.4) is 0 Å². The van der Waals surface area contributed by atoms with Crippen LogP contribution in [0.5, 0.6) is 0 Å². The van der Waals surface area contributed by atoms with Crippen LogP contribution in [0.15, 0.2) is 4.99 Å². The standard InChI is InChI=1S/C17H36N4O2.HI/c1-5-6-10-22-12-13-23-11-9-19-17(18-3)20-14-15(2)21(4)16-7-8-16;/h15-16H,5-14H2,1-4H3,(H2,18,19,20);1H. The highest BCUT2D eigenvalue weighted by Crippen LogP contribution is 2.26. The molecule has 1 atom stereocenters. The van der Waals surface area contributed by atoms with E-state index < -0.39 is 0 Å². The summed E-state index contributed by atoms with van der Waals surface area (Å²) < 4.78 is 11.0. The molecule has 1 rings (SSSR count). The summed E-state index contributed by atoms with van der Waals surface area (Å²) in [4.78, 5) is 6.69. The number of nitrogens with one attached hydrogen (secondary N) is 2. The van der Waals surface area contributed by atoms with Crippen LogP contribution >= 0.6 is 24.0 Å². The lowest BCUT2D eigenvalue weighted by Crippen LogP contribution is -2.46. The minimum absolute atomic E-state index is 0. The number of guanidine groups is 1. The molecule has 6 nitrogen and oxygen atoms in total. The zero-order valence-corrected chi connectivity index (χ0v) is 18.2. The Bertz CT molecular complexity index is 328. The Morgan fingerprint density at radius 3 is 2.42 bits per heavy atom. The lowest BCUT2D eigenvalue weighted by atomic mass is 10.3. The van der Waals surface area contributed by atoms with Gasteiger partial charge >= 0.3 is 0 Å². The molecule has 0 radical (unpaired) electrons. The van der Waals surface area contributed by atoms with Crippen molar-refractivity contribution < 1.29 is 9.47 Å². The van der Waals surface area contributed by atoms with Crippen LogP contribution in [0, 0.1) is 0 Å². The van der Waals surface area contributed by atoms with E-state index in [4.69, 9.17) is 9.47 Å². The molecule has 0 amide bonds. The normalized spacial score (nSPS) is 16.0. The van der Waals surface area contributed by atoms with Gasteiger partial charge in [0.2, 0.25) is 0 Å². The van der Waals surface area contributed by atoms with E-state index in [0.717, 1.165) is 38.1 Å². The van der Waals surface area contributed by atoms with E-state index in [1.54, 1.807) is 7.05 Å². The molecule has 1 unspecified atom stereocenters. The van der Waals surface area contributed by atoms with Gasteiger partial charge in [-0.2, -0.15) is 0 Å². The van der Waals surface area contributed by atoms with E-state index in [1.165, 1.54) is 19.3 Å². The summed E-state index contributed by atoms with van der Waals surface area (Å²) in [6, 6.07) is 1.30. The Morgan fingerprint density at radius 1 is 1.17 bits per heavy atom. The maximum Gasteiger partial charge on any atom is 0.191 e. The Hall–Kier alpha value is -0.120. The summed E-state index contributed by atoms with van der Waals surface area (Å²) in [5.74, 6) is 0.837. The molecule has 144 valence electrons. The first kappa shape index (κ1) is 23.9. The molecule has 0 aromatic carbocycles. The number of nitrogens with zero attached hydrogens (tertiary/aromatic N) is 2. The highest BCUT2D eigenvalue weighted by molar-refractivity contribution is 14.0. The summed E-state index contributed by atoms with van der Waals surface area (Å²) in [5, 5.41) is 6.65. The molecule has 0 bridgehead atoms. The molecule has 0 aliphatic heterocycles. The van der Waals surface area contributed by atoms with E-state index in [-0.39, 0.29) is 24.0 Å². The number of hydrogen-bond donors (Lipinski definition) is 2. The largest absolute Gasteiger partial charge is 0.379 e. The fourth-order valence-electron chi connectivity index (χ4n) is 2.26. The number of halogens is 1. The minimum Gasteiger partial charge on any atom is -0.379 e. The molecule has 0 spiro atoms. The number of rotatable bonds is 13. The van der Waals surface area contributed by atoms with Gasteiger partial charge in [0.1, 0.15) is 0 Å². The average molecular weight is 456 g/mol. The predicted octanol–water partition coefficient (Wildman–Crippen LogP) is 2.09. The molecule has 2 N–H and O–H groups in total. The van der Waals surface area contributed by atoms with E-state index in [0.29, 0.717) is 25.9 Å². The summed E-state index contributed by atoms with van der Waals surface area (Å²) in [6.45, 7) is 8.90. The van der Waals surface area contributed by atoms with Crippen molar-refractivity contribution in [3.63, 3.8) is 0 Å². The first-order chi connectivity index (χ1) is 11.2. The molecular weight excluding hydrogens is 419 g/mol. The summed E-state index contributed by atoms with van der Waals surface area (Å²) in [5.41, 5.74) is 0. The molecule has 1 saturated carbocycles. The maximum atomic E-state index is 5.53. The van der Waals surface area contributed by atoms with Crippen LogP contribution in [0.2, 0.25) is 0 Å². The van der Waals surface area contributed by atoms with Gasteiger partial charge in [-0.25, -0.2) is 0 Å². The first-order valence-corrected chi connectivity index (χ1v) is 9.01. The van der Waals surface area contributed by atoms with Gasteiger partial charge in [-0.1, -0.05) is 13.3 Å². The zero-order valence-electron chi connectivity index (χ0n) is 15.8. The third-order valence-corrected chi connectivity index (χ3v) is 4.16. The minimum atomic E-state index is 0. The highest BCUT2D eigenvalue weighted by Gasteiger charge is 2.28. The van der Waals surface area contributed by atoms with Gasteiger partial charge in [0, 0.05) is 38.8 Å². The molecule has 0 aromatic heterocycles. The number of likely N-dealkylation sites (N-methyl/N-ethyl adjacent to an activating group) is 1. The van der Waals surface area contributed by atoms with Crippen molar-refractivity contribution in [2.45, 2.75) is 51.6 Å². The average Bonchev–Trinajstić information content (AvgIpc) is 3.40. The van der Waals surface area contributed by atoms with Gasteiger partial charge in [-0.3, -0.25) is 9.89 Å². The third-order valence-electron chi connectivity index (χ3n) is 4.16. The van der Waals surface area contributed by atoms with Crippen molar-refractivity contribution in [1.29, 1.82) is 0 Å². The molecule has 7 heteroatoms. The van der Waals surface area contributed by atoms with Crippen molar-refractivity contribution in [1.82, 2.24) is 15.5 Å². The Morgan fingerprint density at radius 2 is 1.83 bits per heavy atom. The zero-order chi connectivity index (χ0) is 16.9. The van der Waals surface area contributed by atoms with Crippen molar-refractivity contribution in [3.8, 4) is 0 Å². The van der Waals surface area contributed by atoms with Gasteiger partial charge in [0.25, 0.3) is 0 Å². The van der Waals surface area contributed by atoms with Crippen LogP contribution in [-0.2, 0) is 9.47 Å². The van der Waals surface area contributed by atoms with Crippen molar-refractivity contribution >= 4 is 29.9 Å². The molecule has 24 heavy (non-hydrogen) atoms. The number of ether oxygens (including phenoxy) is 2.